The van der Waals surface area contributed by atoms with Gasteiger partial charge in [-0.3, -0.25) is 9.97 Å². The number of fused-ring (bicyclic) bond motifs is 1. The van der Waals surface area contributed by atoms with Gasteiger partial charge in [-0.15, -0.1) is 0 Å². The first-order chi connectivity index (χ1) is 17.5. The molecule has 0 amide bonds. The van der Waals surface area contributed by atoms with Crippen molar-refractivity contribution in [3.05, 3.63) is 84.5 Å². The first-order valence-electron chi connectivity index (χ1n) is 12.3. The summed E-state index contributed by atoms with van der Waals surface area (Å²) < 4.78 is 17.2. The summed E-state index contributed by atoms with van der Waals surface area (Å²) in [6.07, 6.45) is 15.5. The van der Waals surface area contributed by atoms with Gasteiger partial charge in [0, 0.05) is 36.8 Å². The van der Waals surface area contributed by atoms with Gasteiger partial charge in [0.05, 0.1) is 17.2 Å². The zero-order chi connectivity index (χ0) is 25.3. The maximum absolute atomic E-state index is 12.9. The molecule has 0 bridgehead atoms. The van der Waals surface area contributed by atoms with Crippen LogP contribution in [0, 0.1) is 11.8 Å². The average molecular weight is 491 g/mol. The van der Waals surface area contributed by atoms with E-state index in [1.54, 1.807) is 42.7 Å². The van der Waals surface area contributed by atoms with E-state index in [0.29, 0.717) is 24.0 Å². The Hall–Kier alpha value is -3.81. The maximum Gasteiger partial charge on any atom is 0.338 e. The molecular weight excluding hydrogens is 460 g/mol. The SMILES string of the molecule is C[C@H]1CCC/C=C/[C@@H]2C[C@H](OC(=O)c3ccncc3)C[C@H]2[C@H](OC(=O)c2ccncc2)C=CC(=O)O1. The Morgan fingerprint density at radius 3 is 2.22 bits per heavy atom. The lowest BCUT2D eigenvalue weighted by molar-refractivity contribution is -0.142. The molecule has 36 heavy (non-hydrogen) atoms. The summed E-state index contributed by atoms with van der Waals surface area (Å²) in [6.45, 7) is 1.87. The number of hydrogen-bond donors (Lipinski definition) is 0. The lowest BCUT2D eigenvalue weighted by atomic mass is 9.89. The summed E-state index contributed by atoms with van der Waals surface area (Å²) in [5.74, 6) is -1.61. The number of allylic oxidation sites excluding steroid dienone is 2. The molecule has 4 rings (SSSR count). The van der Waals surface area contributed by atoms with E-state index in [0.717, 1.165) is 19.3 Å². The Balaban J connectivity index is 1.57. The molecule has 188 valence electrons. The highest BCUT2D eigenvalue weighted by Gasteiger charge is 2.40. The predicted octanol–water partition coefficient (Wildman–Crippen LogP) is 4.48. The predicted molar refractivity (Wildman–Crippen MR) is 131 cm³/mol. The molecule has 5 atom stereocenters. The molecule has 1 saturated carbocycles. The monoisotopic (exact) mass is 490 g/mol. The number of cyclic esters (lactones) is 1. The van der Waals surface area contributed by atoms with Crippen LogP contribution in [0.25, 0.3) is 0 Å². The summed E-state index contributed by atoms with van der Waals surface area (Å²) in [4.78, 5) is 45.9. The van der Waals surface area contributed by atoms with Crippen LogP contribution in [-0.4, -0.2) is 46.2 Å². The zero-order valence-corrected chi connectivity index (χ0v) is 20.2. The Morgan fingerprint density at radius 2 is 1.56 bits per heavy atom. The number of rotatable bonds is 4. The van der Waals surface area contributed by atoms with Gasteiger partial charge in [0.1, 0.15) is 12.2 Å². The number of esters is 3. The number of hydrogen-bond acceptors (Lipinski definition) is 8. The first kappa shape index (κ1) is 25.3. The van der Waals surface area contributed by atoms with Crippen LogP contribution < -0.4 is 0 Å². The van der Waals surface area contributed by atoms with Crippen LogP contribution in [-0.2, 0) is 19.0 Å². The summed E-state index contributed by atoms with van der Waals surface area (Å²) in [5.41, 5.74) is 0.795. The second-order valence-electron chi connectivity index (χ2n) is 9.13. The van der Waals surface area contributed by atoms with Crippen LogP contribution in [0.3, 0.4) is 0 Å². The quantitative estimate of drug-likeness (QED) is 0.351. The molecule has 1 aliphatic heterocycles. The van der Waals surface area contributed by atoms with Crippen molar-refractivity contribution in [3.63, 3.8) is 0 Å². The molecule has 8 nitrogen and oxygen atoms in total. The molecule has 2 aliphatic rings. The highest BCUT2D eigenvalue weighted by molar-refractivity contribution is 5.90. The van der Waals surface area contributed by atoms with E-state index < -0.39 is 24.0 Å². The van der Waals surface area contributed by atoms with Crippen LogP contribution in [0.1, 0.15) is 59.7 Å². The van der Waals surface area contributed by atoms with Gasteiger partial charge < -0.3 is 14.2 Å². The van der Waals surface area contributed by atoms with E-state index >= 15 is 0 Å². The number of nitrogens with zero attached hydrogens (tertiary/aromatic N) is 2. The molecule has 0 saturated heterocycles. The molecular formula is C28H30N2O6. The largest absolute Gasteiger partial charge is 0.460 e. The lowest BCUT2D eigenvalue weighted by Crippen LogP contribution is -2.28. The van der Waals surface area contributed by atoms with Crippen LogP contribution >= 0.6 is 0 Å². The molecule has 2 aromatic rings. The van der Waals surface area contributed by atoms with Gasteiger partial charge in [-0.25, -0.2) is 14.4 Å². The normalized spacial score (nSPS) is 27.4. The third kappa shape index (κ3) is 6.87. The van der Waals surface area contributed by atoms with E-state index in [1.165, 1.54) is 18.5 Å². The third-order valence-corrected chi connectivity index (χ3v) is 6.49. The Morgan fingerprint density at radius 1 is 0.917 bits per heavy atom. The lowest BCUT2D eigenvalue weighted by Gasteiger charge is -2.24. The fourth-order valence-electron chi connectivity index (χ4n) is 4.67. The molecule has 0 spiro atoms. The maximum atomic E-state index is 12.9. The zero-order valence-electron chi connectivity index (χ0n) is 20.2. The molecule has 1 fully saturated rings. The minimum absolute atomic E-state index is 0.00525. The van der Waals surface area contributed by atoms with Gasteiger partial charge in [0.2, 0.25) is 0 Å². The highest BCUT2D eigenvalue weighted by atomic mass is 16.6. The van der Waals surface area contributed by atoms with E-state index in [1.807, 2.05) is 6.92 Å². The number of carbonyl (C=O) groups excluding carboxylic acids is 3. The second kappa shape index (κ2) is 12.2. The Bertz CT molecular complexity index is 1100. The summed E-state index contributed by atoms with van der Waals surface area (Å²) in [7, 11) is 0. The summed E-state index contributed by atoms with van der Waals surface area (Å²) in [5, 5.41) is 0. The van der Waals surface area contributed by atoms with Gasteiger partial charge in [-0.1, -0.05) is 12.2 Å². The van der Waals surface area contributed by atoms with Gasteiger partial charge in [-0.2, -0.15) is 0 Å². The van der Waals surface area contributed by atoms with Crippen LogP contribution in [0.4, 0.5) is 0 Å². The van der Waals surface area contributed by atoms with Crippen LogP contribution in [0.5, 0.6) is 0 Å². The molecule has 0 radical (unpaired) electrons. The Kier molecular flexibility index (Phi) is 8.60. The molecule has 8 heteroatoms. The molecule has 2 aromatic heterocycles. The average Bonchev–Trinajstić information content (AvgIpc) is 3.29. The third-order valence-electron chi connectivity index (χ3n) is 6.49. The van der Waals surface area contributed by atoms with Crippen molar-refractivity contribution in [1.82, 2.24) is 9.97 Å². The molecule has 0 N–H and O–H groups in total. The van der Waals surface area contributed by atoms with E-state index in [9.17, 15) is 14.4 Å². The van der Waals surface area contributed by atoms with Crippen molar-refractivity contribution < 1.29 is 28.6 Å². The molecule has 3 heterocycles. The van der Waals surface area contributed by atoms with Gasteiger partial charge in [0.15, 0.2) is 0 Å². The van der Waals surface area contributed by atoms with Gasteiger partial charge in [-0.05, 0) is 75.3 Å². The van der Waals surface area contributed by atoms with E-state index in [4.69, 9.17) is 14.2 Å². The van der Waals surface area contributed by atoms with Crippen molar-refractivity contribution in [3.8, 4) is 0 Å². The fraction of sp³-hybridized carbons (Fsp3) is 0.393. The number of aromatic nitrogens is 2. The topological polar surface area (TPSA) is 105 Å². The smallest absolute Gasteiger partial charge is 0.338 e. The van der Waals surface area contributed by atoms with Crippen molar-refractivity contribution in [1.29, 1.82) is 0 Å². The fourth-order valence-corrected chi connectivity index (χ4v) is 4.67. The van der Waals surface area contributed by atoms with Crippen LogP contribution in [0.15, 0.2) is 73.4 Å². The van der Waals surface area contributed by atoms with Crippen molar-refractivity contribution >= 4 is 17.9 Å². The number of pyridine rings is 2. The minimum Gasteiger partial charge on any atom is -0.460 e. The van der Waals surface area contributed by atoms with Crippen molar-refractivity contribution in [2.45, 2.75) is 57.3 Å². The number of ether oxygens (including phenoxy) is 3. The minimum atomic E-state index is -0.714. The van der Waals surface area contributed by atoms with Crippen molar-refractivity contribution in [2.75, 3.05) is 0 Å². The Labute approximate surface area is 210 Å². The molecule has 0 aromatic carbocycles. The molecule has 1 aliphatic carbocycles. The van der Waals surface area contributed by atoms with E-state index in [-0.39, 0.29) is 24.0 Å². The second-order valence-corrected chi connectivity index (χ2v) is 9.13. The molecule has 0 unspecified atom stereocenters. The van der Waals surface area contributed by atoms with Gasteiger partial charge in [0.25, 0.3) is 0 Å². The van der Waals surface area contributed by atoms with E-state index in [2.05, 4.69) is 22.1 Å². The number of carbonyl (C=O) groups is 3. The standard InChI is InChI=1S/C28H30N2O6/c1-19-5-3-2-4-6-22-17-23(35-27(32)20-9-13-29-14-10-20)18-24(22)25(7-8-26(31)34-19)36-28(33)21-11-15-30-16-12-21/h4,6-16,19,22-25H,2-3,5,17-18H2,1H3/b6-4+,8-7?/t19-,22+,23-,24+,25+/m0/s1. The summed E-state index contributed by atoms with van der Waals surface area (Å²) >= 11 is 0. The summed E-state index contributed by atoms with van der Waals surface area (Å²) in [6, 6.07) is 6.37. The first-order valence-corrected chi connectivity index (χ1v) is 12.3. The van der Waals surface area contributed by atoms with Crippen molar-refractivity contribution in [2.24, 2.45) is 11.8 Å². The van der Waals surface area contributed by atoms with Gasteiger partial charge >= 0.3 is 17.9 Å². The highest BCUT2D eigenvalue weighted by Crippen LogP contribution is 2.39. The van der Waals surface area contributed by atoms with Crippen LogP contribution in [0.2, 0.25) is 0 Å².